The van der Waals surface area contributed by atoms with Gasteiger partial charge in [0.2, 0.25) is 0 Å². The summed E-state index contributed by atoms with van der Waals surface area (Å²) in [6.45, 7) is 7.60. The van der Waals surface area contributed by atoms with Crippen LogP contribution in [0.3, 0.4) is 0 Å². The van der Waals surface area contributed by atoms with E-state index in [1.54, 1.807) is 61.5 Å². The molecule has 0 aliphatic carbocycles. The Hall–Kier alpha value is -2.88. The second-order valence-electron chi connectivity index (χ2n) is 8.08. The number of phosphoric ester groups is 1. The summed E-state index contributed by atoms with van der Waals surface area (Å²) in [6.07, 6.45) is 0. The lowest BCUT2D eigenvalue weighted by Crippen LogP contribution is -2.16. The van der Waals surface area contributed by atoms with Crippen LogP contribution in [0.2, 0.25) is 0 Å². The fourth-order valence-corrected chi connectivity index (χ4v) is 3.99. The smallest absolute Gasteiger partial charge is 0.395 e. The standard InChI is InChI=1S/C24H25O5P/c1-17-15-19(22(25)18-11-7-5-8-12-18)16-21(24(2,3)4)23(17)29-30(26,27)28-20-13-9-6-10-14-20/h5-16H,1-4H3,(H,26,27). The molecule has 156 valence electrons. The van der Waals surface area contributed by atoms with Crippen molar-refractivity contribution >= 4 is 13.6 Å². The van der Waals surface area contributed by atoms with E-state index < -0.39 is 13.2 Å². The number of aryl methyl sites for hydroxylation is 1. The predicted molar refractivity (Wildman–Crippen MR) is 117 cm³/mol. The molecule has 5 nitrogen and oxygen atoms in total. The first kappa shape index (κ1) is 21.8. The van der Waals surface area contributed by atoms with Crippen LogP contribution in [-0.4, -0.2) is 10.7 Å². The molecule has 1 N–H and O–H groups in total. The van der Waals surface area contributed by atoms with Gasteiger partial charge in [-0.05, 0) is 42.2 Å². The first-order valence-corrected chi connectivity index (χ1v) is 11.1. The number of hydrogen-bond donors (Lipinski definition) is 1. The van der Waals surface area contributed by atoms with Crippen LogP contribution in [-0.2, 0) is 9.98 Å². The van der Waals surface area contributed by atoms with Crippen molar-refractivity contribution in [3.05, 3.63) is 95.1 Å². The zero-order valence-corrected chi connectivity index (χ0v) is 18.4. The van der Waals surface area contributed by atoms with Gasteiger partial charge in [-0.3, -0.25) is 9.69 Å². The van der Waals surface area contributed by atoms with Crippen LogP contribution in [0.25, 0.3) is 0 Å². The summed E-state index contributed by atoms with van der Waals surface area (Å²) >= 11 is 0. The highest BCUT2D eigenvalue weighted by molar-refractivity contribution is 7.48. The van der Waals surface area contributed by atoms with Gasteiger partial charge in [-0.25, -0.2) is 4.57 Å². The van der Waals surface area contributed by atoms with E-state index in [4.69, 9.17) is 9.05 Å². The average molecular weight is 424 g/mol. The summed E-state index contributed by atoms with van der Waals surface area (Å²) in [4.78, 5) is 23.3. The fraction of sp³-hybridized carbons (Fsp3) is 0.208. The third-order valence-electron chi connectivity index (χ3n) is 4.55. The van der Waals surface area contributed by atoms with Gasteiger partial charge in [0.15, 0.2) is 5.78 Å². The van der Waals surface area contributed by atoms with Gasteiger partial charge in [-0.15, -0.1) is 0 Å². The summed E-state index contributed by atoms with van der Waals surface area (Å²) in [7, 11) is -4.44. The van der Waals surface area contributed by atoms with Crippen LogP contribution < -0.4 is 9.05 Å². The third kappa shape index (κ3) is 5.18. The third-order valence-corrected chi connectivity index (χ3v) is 5.41. The number of phosphoric acid groups is 1. The Kier molecular flexibility index (Phi) is 6.16. The van der Waals surface area contributed by atoms with Gasteiger partial charge < -0.3 is 9.05 Å². The van der Waals surface area contributed by atoms with Crippen LogP contribution in [0, 0.1) is 6.92 Å². The van der Waals surface area contributed by atoms with Crippen molar-refractivity contribution in [2.75, 3.05) is 0 Å². The van der Waals surface area contributed by atoms with E-state index in [0.717, 1.165) is 0 Å². The molecule has 0 amide bonds. The van der Waals surface area contributed by atoms with Crippen LogP contribution >= 0.6 is 7.82 Å². The zero-order chi connectivity index (χ0) is 21.9. The minimum absolute atomic E-state index is 0.122. The number of hydrogen-bond acceptors (Lipinski definition) is 4. The summed E-state index contributed by atoms with van der Waals surface area (Å²) in [6, 6.07) is 20.7. The van der Waals surface area contributed by atoms with Crippen molar-refractivity contribution in [1.82, 2.24) is 0 Å². The number of carbonyl (C=O) groups is 1. The molecular formula is C24H25O5P. The molecule has 0 aliphatic heterocycles. The molecule has 0 bridgehead atoms. The number of rotatable bonds is 6. The normalized spacial score (nSPS) is 13.4. The molecule has 0 heterocycles. The lowest BCUT2D eigenvalue weighted by Gasteiger charge is -2.26. The van der Waals surface area contributed by atoms with Crippen LogP contribution in [0.1, 0.15) is 47.8 Å². The van der Waals surface area contributed by atoms with Crippen molar-refractivity contribution in [3.8, 4) is 11.5 Å². The Bertz CT molecular complexity index is 1090. The Morgan fingerprint density at radius 2 is 1.43 bits per heavy atom. The van der Waals surface area contributed by atoms with Gasteiger partial charge in [-0.2, -0.15) is 0 Å². The molecule has 0 radical (unpaired) electrons. The molecule has 0 aliphatic rings. The lowest BCUT2D eigenvalue weighted by molar-refractivity contribution is 0.103. The van der Waals surface area contributed by atoms with E-state index in [2.05, 4.69) is 0 Å². The topological polar surface area (TPSA) is 72.8 Å². The molecule has 6 heteroatoms. The Morgan fingerprint density at radius 1 is 0.867 bits per heavy atom. The Balaban J connectivity index is 2.00. The number of ketones is 1. The van der Waals surface area contributed by atoms with E-state index in [1.807, 2.05) is 39.0 Å². The second kappa shape index (κ2) is 8.47. The van der Waals surface area contributed by atoms with Gasteiger partial charge in [0.05, 0.1) is 0 Å². The monoisotopic (exact) mass is 424 g/mol. The van der Waals surface area contributed by atoms with Crippen LogP contribution in [0.5, 0.6) is 11.5 Å². The molecule has 3 aromatic carbocycles. The molecular weight excluding hydrogens is 399 g/mol. The highest BCUT2D eigenvalue weighted by atomic mass is 31.2. The molecule has 3 aromatic rings. The van der Waals surface area contributed by atoms with Gasteiger partial charge in [0, 0.05) is 16.7 Å². The van der Waals surface area contributed by atoms with Crippen molar-refractivity contribution in [3.63, 3.8) is 0 Å². The van der Waals surface area contributed by atoms with Crippen molar-refractivity contribution in [2.24, 2.45) is 0 Å². The molecule has 0 saturated heterocycles. The number of benzene rings is 3. The first-order chi connectivity index (χ1) is 14.1. The largest absolute Gasteiger partial charge is 0.584 e. The molecule has 3 rings (SSSR count). The highest BCUT2D eigenvalue weighted by Gasteiger charge is 2.31. The molecule has 0 fully saturated rings. The summed E-state index contributed by atoms with van der Waals surface area (Å²) in [5.41, 5.74) is 1.85. The number of carbonyl (C=O) groups excluding carboxylic acids is 1. The maximum absolute atomic E-state index is 12.9. The fourth-order valence-electron chi connectivity index (χ4n) is 3.09. The molecule has 1 unspecified atom stereocenters. The molecule has 0 saturated carbocycles. The second-order valence-corrected chi connectivity index (χ2v) is 9.38. The van der Waals surface area contributed by atoms with Crippen LogP contribution in [0.15, 0.2) is 72.8 Å². The first-order valence-electron chi connectivity index (χ1n) is 9.59. The maximum Gasteiger partial charge on any atom is 0.584 e. The van der Waals surface area contributed by atoms with E-state index in [9.17, 15) is 14.3 Å². The molecule has 1 atom stereocenters. The van der Waals surface area contributed by atoms with E-state index in [1.165, 1.54) is 0 Å². The predicted octanol–water partition coefficient (Wildman–Crippen LogP) is 6.08. The summed E-state index contributed by atoms with van der Waals surface area (Å²) in [5.74, 6) is 0.353. The molecule has 0 aromatic heterocycles. The van der Waals surface area contributed by atoms with Crippen molar-refractivity contribution < 1.29 is 23.3 Å². The maximum atomic E-state index is 12.9. The zero-order valence-electron chi connectivity index (χ0n) is 17.5. The summed E-state index contributed by atoms with van der Waals surface area (Å²) < 4.78 is 23.4. The Morgan fingerprint density at radius 3 is 2.00 bits per heavy atom. The van der Waals surface area contributed by atoms with Crippen LogP contribution in [0.4, 0.5) is 0 Å². The van der Waals surface area contributed by atoms with Crippen molar-refractivity contribution in [2.45, 2.75) is 33.1 Å². The quantitative estimate of drug-likeness (QED) is 0.383. The van der Waals surface area contributed by atoms with Crippen molar-refractivity contribution in [1.29, 1.82) is 0 Å². The van der Waals surface area contributed by atoms with E-state index >= 15 is 0 Å². The molecule has 30 heavy (non-hydrogen) atoms. The van der Waals surface area contributed by atoms with Gasteiger partial charge in [-0.1, -0.05) is 69.3 Å². The van der Waals surface area contributed by atoms with Gasteiger partial charge >= 0.3 is 7.82 Å². The highest BCUT2D eigenvalue weighted by Crippen LogP contribution is 2.48. The van der Waals surface area contributed by atoms with E-state index in [-0.39, 0.29) is 17.3 Å². The van der Waals surface area contributed by atoms with Gasteiger partial charge in [0.25, 0.3) is 0 Å². The lowest BCUT2D eigenvalue weighted by atomic mass is 9.83. The minimum atomic E-state index is -4.44. The molecule has 0 spiro atoms. The average Bonchev–Trinajstić information content (AvgIpc) is 2.69. The van der Waals surface area contributed by atoms with Gasteiger partial charge in [0.1, 0.15) is 11.5 Å². The SMILES string of the molecule is Cc1cc(C(=O)c2ccccc2)cc(C(C)(C)C)c1OP(=O)(O)Oc1ccccc1. The van der Waals surface area contributed by atoms with E-state index in [0.29, 0.717) is 22.3 Å². The summed E-state index contributed by atoms with van der Waals surface area (Å²) in [5, 5.41) is 0. The Labute approximate surface area is 176 Å². The minimum Gasteiger partial charge on any atom is -0.395 e. The number of para-hydroxylation sites is 1.